The zero-order valence-corrected chi connectivity index (χ0v) is 14.0. The summed E-state index contributed by atoms with van der Waals surface area (Å²) >= 11 is 1.84. The third-order valence-electron chi connectivity index (χ3n) is 3.54. The third-order valence-corrected chi connectivity index (χ3v) is 4.83. The number of rotatable bonds is 6. The molecule has 2 heteroatoms. The smallest absolute Gasteiger partial charge is 0.0390 e. The molecule has 1 nitrogen and oxygen atoms in total. The van der Waals surface area contributed by atoms with Gasteiger partial charge >= 0.3 is 0 Å². The highest BCUT2D eigenvalue weighted by molar-refractivity contribution is 7.99. The van der Waals surface area contributed by atoms with Gasteiger partial charge in [0.2, 0.25) is 0 Å². The summed E-state index contributed by atoms with van der Waals surface area (Å²) in [6, 6.07) is 17.3. The monoisotopic (exact) mass is 299 g/mol. The Bertz CT molecular complexity index is 577. The summed E-state index contributed by atoms with van der Waals surface area (Å²) in [5.41, 5.74) is 10.3. The Morgan fingerprint density at radius 3 is 2.52 bits per heavy atom. The van der Waals surface area contributed by atoms with Gasteiger partial charge in [-0.3, -0.25) is 0 Å². The topological polar surface area (TPSA) is 26.0 Å². The van der Waals surface area contributed by atoms with Crippen LogP contribution in [-0.2, 0) is 6.42 Å². The lowest BCUT2D eigenvalue weighted by molar-refractivity contribution is 0.646. The number of hydrogen-bond donors (Lipinski definition) is 1. The molecule has 0 saturated heterocycles. The quantitative estimate of drug-likeness (QED) is 0.761. The lowest BCUT2D eigenvalue weighted by atomic mass is 9.99. The molecule has 0 spiro atoms. The van der Waals surface area contributed by atoms with Crippen LogP contribution < -0.4 is 5.73 Å². The fraction of sp³-hybridized carbons (Fsp3) is 0.368. The molecule has 0 radical (unpaired) electrons. The number of nitrogens with two attached hydrogens (primary N) is 1. The van der Waals surface area contributed by atoms with Crippen LogP contribution in [0.1, 0.15) is 36.6 Å². The van der Waals surface area contributed by atoms with Crippen LogP contribution in [0.15, 0.2) is 53.4 Å². The molecule has 1 unspecified atom stereocenters. The van der Waals surface area contributed by atoms with Gasteiger partial charge in [0.1, 0.15) is 0 Å². The predicted molar refractivity (Wildman–Crippen MR) is 93.8 cm³/mol. The Hall–Kier alpha value is -1.25. The fourth-order valence-corrected chi connectivity index (χ4v) is 3.44. The molecule has 2 aromatic rings. The summed E-state index contributed by atoms with van der Waals surface area (Å²) in [7, 11) is 0. The Labute approximate surface area is 133 Å². The van der Waals surface area contributed by atoms with E-state index in [0.29, 0.717) is 5.92 Å². The van der Waals surface area contributed by atoms with E-state index in [1.807, 2.05) is 11.8 Å². The molecule has 2 N–H and O–H groups in total. The minimum atomic E-state index is 0.0849. The minimum Gasteiger partial charge on any atom is -0.323 e. The van der Waals surface area contributed by atoms with Crippen molar-refractivity contribution in [3.05, 3.63) is 65.2 Å². The summed E-state index contributed by atoms with van der Waals surface area (Å²) in [5.74, 6) is 1.59. The highest BCUT2D eigenvalue weighted by atomic mass is 32.2. The zero-order chi connectivity index (χ0) is 15.2. The molecule has 0 heterocycles. The molecule has 2 rings (SSSR count). The zero-order valence-electron chi connectivity index (χ0n) is 13.2. The van der Waals surface area contributed by atoms with Crippen LogP contribution in [0.4, 0.5) is 0 Å². The van der Waals surface area contributed by atoms with E-state index in [4.69, 9.17) is 5.73 Å². The van der Waals surface area contributed by atoms with Crippen LogP contribution in [-0.4, -0.2) is 5.75 Å². The minimum absolute atomic E-state index is 0.0849. The summed E-state index contributed by atoms with van der Waals surface area (Å²) in [4.78, 5) is 1.33. The highest BCUT2D eigenvalue weighted by Gasteiger charge is 2.09. The lowest BCUT2D eigenvalue weighted by Gasteiger charge is -2.14. The Kier molecular flexibility index (Phi) is 5.89. The molecule has 0 saturated carbocycles. The third kappa shape index (κ3) is 4.90. The van der Waals surface area contributed by atoms with Gasteiger partial charge in [-0.05, 0) is 42.0 Å². The second-order valence-electron chi connectivity index (χ2n) is 6.03. The molecule has 0 aliphatic carbocycles. The maximum absolute atomic E-state index is 6.37. The van der Waals surface area contributed by atoms with E-state index < -0.39 is 0 Å². The molecule has 0 aliphatic heterocycles. The first-order valence-corrected chi connectivity index (χ1v) is 8.57. The summed E-state index contributed by atoms with van der Waals surface area (Å²) in [5, 5.41) is 0. The largest absolute Gasteiger partial charge is 0.323 e. The maximum atomic E-state index is 6.37. The van der Waals surface area contributed by atoms with Gasteiger partial charge in [-0.25, -0.2) is 0 Å². The number of benzene rings is 2. The molecular weight excluding hydrogens is 274 g/mol. The van der Waals surface area contributed by atoms with Crippen molar-refractivity contribution in [1.82, 2.24) is 0 Å². The van der Waals surface area contributed by atoms with Crippen LogP contribution in [0.5, 0.6) is 0 Å². The van der Waals surface area contributed by atoms with Crippen LogP contribution >= 0.6 is 11.8 Å². The van der Waals surface area contributed by atoms with E-state index in [9.17, 15) is 0 Å². The number of thioether (sulfide) groups is 1. The first-order valence-electron chi connectivity index (χ1n) is 7.59. The molecule has 0 bridgehead atoms. The van der Waals surface area contributed by atoms with Crippen LogP contribution in [0.2, 0.25) is 0 Å². The standard InChI is InChI=1S/C19H25NS/c1-14(2)11-16-8-6-9-17(12-16)18(20)13-21-19-10-5-4-7-15(19)3/h4-10,12,14,18H,11,13,20H2,1-3H3. The number of aryl methyl sites for hydroxylation is 1. The van der Waals surface area contributed by atoms with Crippen LogP contribution in [0.3, 0.4) is 0 Å². The van der Waals surface area contributed by atoms with Gasteiger partial charge in [0.15, 0.2) is 0 Å². The molecule has 112 valence electrons. The molecule has 2 aromatic carbocycles. The van der Waals surface area contributed by atoms with Crippen molar-refractivity contribution >= 4 is 11.8 Å². The normalized spacial score (nSPS) is 12.6. The molecular formula is C19H25NS. The van der Waals surface area contributed by atoms with Crippen molar-refractivity contribution in [2.75, 3.05) is 5.75 Å². The Balaban J connectivity index is 2.00. The van der Waals surface area contributed by atoms with Gasteiger partial charge in [0, 0.05) is 16.7 Å². The Morgan fingerprint density at radius 1 is 1.05 bits per heavy atom. The van der Waals surface area contributed by atoms with Crippen molar-refractivity contribution < 1.29 is 0 Å². The van der Waals surface area contributed by atoms with E-state index in [-0.39, 0.29) is 6.04 Å². The number of hydrogen-bond acceptors (Lipinski definition) is 2. The van der Waals surface area contributed by atoms with Gasteiger partial charge in [0.05, 0.1) is 0 Å². The van der Waals surface area contributed by atoms with Crippen LogP contribution in [0, 0.1) is 12.8 Å². The lowest BCUT2D eigenvalue weighted by Crippen LogP contribution is -2.13. The molecule has 0 aliphatic rings. The van der Waals surface area contributed by atoms with Gasteiger partial charge in [-0.15, -0.1) is 11.8 Å². The van der Waals surface area contributed by atoms with E-state index in [1.165, 1.54) is 21.6 Å². The average Bonchev–Trinajstić information content (AvgIpc) is 2.45. The van der Waals surface area contributed by atoms with Crippen molar-refractivity contribution in [2.24, 2.45) is 11.7 Å². The van der Waals surface area contributed by atoms with E-state index in [0.717, 1.165) is 12.2 Å². The van der Waals surface area contributed by atoms with E-state index in [1.54, 1.807) is 0 Å². The van der Waals surface area contributed by atoms with Crippen molar-refractivity contribution in [3.8, 4) is 0 Å². The first kappa shape index (κ1) is 16.1. The van der Waals surface area contributed by atoms with Gasteiger partial charge in [-0.2, -0.15) is 0 Å². The summed E-state index contributed by atoms with van der Waals surface area (Å²) in [6.45, 7) is 6.65. The highest BCUT2D eigenvalue weighted by Crippen LogP contribution is 2.26. The summed E-state index contributed by atoms with van der Waals surface area (Å²) in [6.07, 6.45) is 1.12. The van der Waals surface area contributed by atoms with Crippen molar-refractivity contribution in [2.45, 2.75) is 38.1 Å². The molecule has 0 amide bonds. The Morgan fingerprint density at radius 2 is 1.81 bits per heavy atom. The van der Waals surface area contributed by atoms with Crippen molar-refractivity contribution in [1.29, 1.82) is 0 Å². The second kappa shape index (κ2) is 7.67. The van der Waals surface area contributed by atoms with E-state index >= 15 is 0 Å². The first-order chi connectivity index (χ1) is 10.1. The molecule has 21 heavy (non-hydrogen) atoms. The SMILES string of the molecule is Cc1ccccc1SCC(N)c1cccc(CC(C)C)c1. The van der Waals surface area contributed by atoms with Crippen LogP contribution in [0.25, 0.3) is 0 Å². The second-order valence-corrected chi connectivity index (χ2v) is 7.09. The van der Waals surface area contributed by atoms with Gasteiger partial charge < -0.3 is 5.73 Å². The van der Waals surface area contributed by atoms with Gasteiger partial charge in [-0.1, -0.05) is 56.3 Å². The molecule has 0 aromatic heterocycles. The fourth-order valence-electron chi connectivity index (χ4n) is 2.42. The predicted octanol–water partition coefficient (Wildman–Crippen LogP) is 4.99. The molecule has 1 atom stereocenters. The summed E-state index contributed by atoms with van der Waals surface area (Å²) < 4.78 is 0. The maximum Gasteiger partial charge on any atom is 0.0390 e. The average molecular weight is 299 g/mol. The van der Waals surface area contributed by atoms with Crippen molar-refractivity contribution in [3.63, 3.8) is 0 Å². The van der Waals surface area contributed by atoms with Gasteiger partial charge in [0.25, 0.3) is 0 Å². The molecule has 0 fully saturated rings. The van der Waals surface area contributed by atoms with E-state index in [2.05, 4.69) is 69.3 Å².